The van der Waals surface area contributed by atoms with Gasteiger partial charge in [0.2, 0.25) is 0 Å². The van der Waals surface area contributed by atoms with E-state index in [9.17, 15) is 0 Å². The zero-order valence-corrected chi connectivity index (χ0v) is 12.0. The van der Waals surface area contributed by atoms with Crippen LogP contribution < -0.4 is 11.3 Å². The maximum atomic E-state index is 6.21. The number of fused-ring (bicyclic) bond motifs is 1. The van der Waals surface area contributed by atoms with Crippen molar-refractivity contribution in [1.29, 1.82) is 0 Å². The van der Waals surface area contributed by atoms with Gasteiger partial charge in [-0.3, -0.25) is 10.8 Å². The van der Waals surface area contributed by atoms with Crippen LogP contribution in [-0.4, -0.2) is 4.98 Å². The number of pyridine rings is 1. The zero-order valence-electron chi connectivity index (χ0n) is 10.5. The number of benzene rings is 1. The Morgan fingerprint density at radius 2 is 1.89 bits per heavy atom. The number of halogens is 2. The first-order chi connectivity index (χ1) is 8.34. The molecular weight excluding hydrogens is 269 g/mol. The van der Waals surface area contributed by atoms with E-state index in [4.69, 9.17) is 29.0 Å². The van der Waals surface area contributed by atoms with Gasteiger partial charge in [-0.2, -0.15) is 0 Å². The fourth-order valence-corrected chi connectivity index (χ4v) is 2.10. The molecule has 18 heavy (non-hydrogen) atoms. The molecule has 2 aromatic rings. The topological polar surface area (TPSA) is 50.9 Å². The van der Waals surface area contributed by atoms with Gasteiger partial charge in [-0.1, -0.05) is 44.0 Å². The summed E-state index contributed by atoms with van der Waals surface area (Å²) in [5, 5.41) is 1.81. The first-order valence-corrected chi connectivity index (χ1v) is 6.36. The minimum Gasteiger partial charge on any atom is -0.323 e. The molecule has 0 bridgehead atoms. The Morgan fingerprint density at radius 1 is 1.22 bits per heavy atom. The van der Waals surface area contributed by atoms with Crippen molar-refractivity contribution in [2.24, 2.45) is 5.84 Å². The Kier molecular flexibility index (Phi) is 3.41. The SMILES string of the molecule is CC(C)(C)c1cc(NN)c2ccc(Cl)c(Cl)c2n1. The number of hydrogen-bond donors (Lipinski definition) is 2. The van der Waals surface area contributed by atoms with E-state index in [1.807, 2.05) is 12.1 Å². The van der Waals surface area contributed by atoms with Gasteiger partial charge in [-0.25, -0.2) is 0 Å². The van der Waals surface area contributed by atoms with Crippen molar-refractivity contribution in [2.45, 2.75) is 26.2 Å². The Hall–Kier alpha value is -1.03. The van der Waals surface area contributed by atoms with E-state index < -0.39 is 0 Å². The average Bonchev–Trinajstić information content (AvgIpc) is 2.31. The zero-order chi connectivity index (χ0) is 13.5. The van der Waals surface area contributed by atoms with Crippen molar-refractivity contribution < 1.29 is 0 Å². The largest absolute Gasteiger partial charge is 0.323 e. The Morgan fingerprint density at radius 3 is 2.44 bits per heavy atom. The quantitative estimate of drug-likeness (QED) is 0.611. The lowest BCUT2D eigenvalue weighted by Gasteiger charge is -2.20. The molecule has 5 heteroatoms. The van der Waals surface area contributed by atoms with Crippen molar-refractivity contribution in [1.82, 2.24) is 4.98 Å². The van der Waals surface area contributed by atoms with E-state index in [-0.39, 0.29) is 5.41 Å². The van der Waals surface area contributed by atoms with Crippen molar-refractivity contribution in [3.05, 3.63) is 33.9 Å². The molecular formula is C13H15Cl2N3. The lowest BCUT2D eigenvalue weighted by molar-refractivity contribution is 0.572. The molecule has 0 saturated heterocycles. The average molecular weight is 284 g/mol. The number of hydrogen-bond acceptors (Lipinski definition) is 3. The van der Waals surface area contributed by atoms with Crippen LogP contribution in [0.25, 0.3) is 10.9 Å². The second kappa shape index (κ2) is 4.57. The van der Waals surface area contributed by atoms with Crippen LogP contribution in [0.3, 0.4) is 0 Å². The molecule has 3 nitrogen and oxygen atoms in total. The normalized spacial score (nSPS) is 11.9. The van der Waals surface area contributed by atoms with E-state index in [2.05, 4.69) is 31.2 Å². The van der Waals surface area contributed by atoms with Crippen LogP contribution in [0.5, 0.6) is 0 Å². The highest BCUT2D eigenvalue weighted by molar-refractivity contribution is 6.45. The van der Waals surface area contributed by atoms with E-state index >= 15 is 0 Å². The molecule has 0 saturated carbocycles. The third-order valence-corrected chi connectivity index (χ3v) is 3.59. The highest BCUT2D eigenvalue weighted by Gasteiger charge is 2.19. The summed E-state index contributed by atoms with van der Waals surface area (Å²) >= 11 is 12.2. The molecule has 0 amide bonds. The van der Waals surface area contributed by atoms with Crippen LogP contribution in [0.1, 0.15) is 26.5 Å². The number of rotatable bonds is 1. The molecule has 0 atom stereocenters. The van der Waals surface area contributed by atoms with Gasteiger partial charge in [0.05, 0.1) is 21.2 Å². The highest BCUT2D eigenvalue weighted by Crippen LogP contribution is 2.35. The standard InChI is InChI=1S/C13H15Cl2N3/c1-13(2,3)10-6-9(18-16)7-4-5-8(14)11(15)12(7)17-10/h4-6H,16H2,1-3H3,(H,17,18). The lowest BCUT2D eigenvalue weighted by Crippen LogP contribution is -2.16. The van der Waals surface area contributed by atoms with Crippen LogP contribution in [0, 0.1) is 0 Å². The van der Waals surface area contributed by atoms with Gasteiger partial charge >= 0.3 is 0 Å². The van der Waals surface area contributed by atoms with Gasteiger partial charge in [0.1, 0.15) is 0 Å². The summed E-state index contributed by atoms with van der Waals surface area (Å²) in [4.78, 5) is 4.60. The van der Waals surface area contributed by atoms with Gasteiger partial charge in [0.15, 0.2) is 0 Å². The summed E-state index contributed by atoms with van der Waals surface area (Å²) < 4.78 is 0. The molecule has 1 heterocycles. The number of nitrogens with one attached hydrogen (secondary N) is 1. The minimum absolute atomic E-state index is 0.0918. The molecule has 0 fully saturated rings. The molecule has 1 aromatic heterocycles. The smallest absolute Gasteiger partial charge is 0.0928 e. The maximum absolute atomic E-state index is 6.21. The summed E-state index contributed by atoms with van der Waals surface area (Å²) in [6.45, 7) is 6.25. The molecule has 0 aliphatic heterocycles. The van der Waals surface area contributed by atoms with Gasteiger partial charge < -0.3 is 5.43 Å². The van der Waals surface area contributed by atoms with Crippen LogP contribution in [-0.2, 0) is 5.41 Å². The van der Waals surface area contributed by atoms with Crippen molar-refractivity contribution in [3.63, 3.8) is 0 Å². The number of nitrogen functional groups attached to an aromatic ring is 1. The number of nitrogens with zero attached hydrogens (tertiary/aromatic N) is 1. The fraction of sp³-hybridized carbons (Fsp3) is 0.308. The van der Waals surface area contributed by atoms with Gasteiger partial charge in [-0.05, 0) is 18.2 Å². The first kappa shape index (κ1) is 13.4. The summed E-state index contributed by atoms with van der Waals surface area (Å²) in [6.07, 6.45) is 0. The van der Waals surface area contributed by atoms with E-state index in [1.54, 1.807) is 6.07 Å². The summed E-state index contributed by atoms with van der Waals surface area (Å²) in [5.41, 5.74) is 4.97. The second-order valence-corrected chi connectivity index (χ2v) is 5.99. The molecule has 3 N–H and O–H groups in total. The summed E-state index contributed by atoms with van der Waals surface area (Å²) in [6, 6.07) is 5.54. The maximum Gasteiger partial charge on any atom is 0.0928 e. The van der Waals surface area contributed by atoms with Gasteiger partial charge in [-0.15, -0.1) is 0 Å². The lowest BCUT2D eigenvalue weighted by atomic mass is 9.91. The predicted octanol–water partition coefficient (Wildman–Crippen LogP) is 4.12. The summed E-state index contributed by atoms with van der Waals surface area (Å²) in [7, 11) is 0. The van der Waals surface area contributed by atoms with Crippen molar-refractivity contribution in [2.75, 3.05) is 5.43 Å². The molecule has 0 aliphatic rings. The van der Waals surface area contributed by atoms with Gasteiger partial charge in [0.25, 0.3) is 0 Å². The van der Waals surface area contributed by atoms with Gasteiger partial charge in [0, 0.05) is 16.5 Å². The monoisotopic (exact) mass is 283 g/mol. The summed E-state index contributed by atoms with van der Waals surface area (Å²) in [5.74, 6) is 5.56. The molecule has 96 valence electrons. The number of anilines is 1. The van der Waals surface area contributed by atoms with Crippen molar-refractivity contribution >= 4 is 39.8 Å². The molecule has 0 unspecified atom stereocenters. The Bertz CT molecular complexity index is 603. The fourth-order valence-electron chi connectivity index (χ4n) is 1.74. The Labute approximate surface area is 116 Å². The number of aromatic nitrogens is 1. The highest BCUT2D eigenvalue weighted by atomic mass is 35.5. The predicted molar refractivity (Wildman–Crippen MR) is 78.3 cm³/mol. The van der Waals surface area contributed by atoms with Crippen molar-refractivity contribution in [3.8, 4) is 0 Å². The molecule has 0 spiro atoms. The van der Waals surface area contributed by atoms with E-state index in [0.29, 0.717) is 15.6 Å². The number of hydrazine groups is 1. The van der Waals surface area contributed by atoms with E-state index in [1.165, 1.54) is 0 Å². The number of nitrogens with two attached hydrogens (primary N) is 1. The third kappa shape index (κ3) is 2.26. The van der Waals surface area contributed by atoms with Crippen LogP contribution in [0.2, 0.25) is 10.0 Å². The molecule has 0 aliphatic carbocycles. The molecule has 2 rings (SSSR count). The molecule has 1 aromatic carbocycles. The molecule has 0 radical (unpaired) electrons. The van der Waals surface area contributed by atoms with Crippen LogP contribution in [0.4, 0.5) is 5.69 Å². The second-order valence-electron chi connectivity index (χ2n) is 5.21. The third-order valence-electron chi connectivity index (χ3n) is 2.80. The minimum atomic E-state index is -0.0918. The van der Waals surface area contributed by atoms with Crippen LogP contribution >= 0.6 is 23.2 Å². The first-order valence-electron chi connectivity index (χ1n) is 5.60. The van der Waals surface area contributed by atoms with E-state index in [0.717, 1.165) is 16.8 Å². The van der Waals surface area contributed by atoms with Crippen LogP contribution in [0.15, 0.2) is 18.2 Å². The Balaban J connectivity index is 2.85.